The van der Waals surface area contributed by atoms with E-state index >= 15 is 0 Å². The van der Waals surface area contributed by atoms with Crippen molar-refractivity contribution in [3.8, 4) is 0 Å². The molecule has 0 unspecified atom stereocenters. The number of anilines is 1. The van der Waals surface area contributed by atoms with Crippen molar-refractivity contribution >= 4 is 11.4 Å². The van der Waals surface area contributed by atoms with Crippen LogP contribution < -0.4 is 5.32 Å². The van der Waals surface area contributed by atoms with Gasteiger partial charge in [0.15, 0.2) is 0 Å². The zero-order valence-corrected chi connectivity index (χ0v) is 12.2. The van der Waals surface area contributed by atoms with Crippen LogP contribution in [0.1, 0.15) is 24.5 Å². The summed E-state index contributed by atoms with van der Waals surface area (Å²) in [6, 6.07) is 15.1. The summed E-state index contributed by atoms with van der Waals surface area (Å²) in [6.07, 6.45) is 2.77. The lowest BCUT2D eigenvalue weighted by Gasteiger charge is -2.11. The Kier molecular flexibility index (Phi) is 5.32. The van der Waals surface area contributed by atoms with Crippen molar-refractivity contribution in [2.24, 2.45) is 0 Å². The standard InChI is InChI=1S/C17H20N2O2/c1-2-7-14-8-3-5-10-16(14)18-13-12-15-9-4-6-11-17(15)19(20)21/h3-6,8-11,18H,2,7,12-13H2,1H3. The molecule has 0 bridgehead atoms. The smallest absolute Gasteiger partial charge is 0.272 e. The van der Waals surface area contributed by atoms with Gasteiger partial charge >= 0.3 is 0 Å². The first kappa shape index (κ1) is 15.0. The highest BCUT2D eigenvalue weighted by Crippen LogP contribution is 2.20. The Labute approximate surface area is 125 Å². The van der Waals surface area contributed by atoms with Gasteiger partial charge in [0.1, 0.15) is 0 Å². The lowest BCUT2D eigenvalue weighted by atomic mass is 10.1. The highest BCUT2D eigenvalue weighted by Gasteiger charge is 2.11. The van der Waals surface area contributed by atoms with E-state index in [9.17, 15) is 10.1 Å². The zero-order chi connectivity index (χ0) is 15.1. The molecule has 0 aliphatic carbocycles. The van der Waals surface area contributed by atoms with Gasteiger partial charge in [-0.05, 0) is 24.5 Å². The third kappa shape index (κ3) is 4.05. The van der Waals surface area contributed by atoms with Crippen molar-refractivity contribution in [2.75, 3.05) is 11.9 Å². The van der Waals surface area contributed by atoms with Gasteiger partial charge in [-0.25, -0.2) is 0 Å². The number of aryl methyl sites for hydroxylation is 1. The molecule has 0 heterocycles. The second-order valence-electron chi connectivity index (χ2n) is 4.97. The van der Waals surface area contributed by atoms with Gasteiger partial charge in [-0.1, -0.05) is 49.7 Å². The fourth-order valence-corrected chi connectivity index (χ4v) is 2.41. The number of hydrogen-bond donors (Lipinski definition) is 1. The Morgan fingerprint density at radius 2 is 1.67 bits per heavy atom. The van der Waals surface area contributed by atoms with E-state index in [1.165, 1.54) is 5.56 Å². The van der Waals surface area contributed by atoms with E-state index in [-0.39, 0.29) is 10.6 Å². The number of nitro groups is 1. The fourth-order valence-electron chi connectivity index (χ4n) is 2.41. The minimum Gasteiger partial charge on any atom is -0.384 e. The van der Waals surface area contributed by atoms with Crippen molar-refractivity contribution in [3.63, 3.8) is 0 Å². The molecule has 0 amide bonds. The molecule has 0 saturated heterocycles. The number of rotatable bonds is 7. The maximum Gasteiger partial charge on any atom is 0.272 e. The van der Waals surface area contributed by atoms with E-state index in [1.807, 2.05) is 24.3 Å². The van der Waals surface area contributed by atoms with Crippen LogP contribution in [0.15, 0.2) is 48.5 Å². The van der Waals surface area contributed by atoms with Gasteiger partial charge in [0.2, 0.25) is 0 Å². The predicted molar refractivity (Wildman–Crippen MR) is 85.7 cm³/mol. The topological polar surface area (TPSA) is 55.2 Å². The molecule has 2 aromatic carbocycles. The summed E-state index contributed by atoms with van der Waals surface area (Å²) in [4.78, 5) is 10.7. The molecule has 0 spiro atoms. The van der Waals surface area contributed by atoms with Crippen LogP contribution >= 0.6 is 0 Å². The molecular formula is C17H20N2O2. The number of para-hydroxylation sites is 2. The van der Waals surface area contributed by atoms with E-state index in [1.54, 1.807) is 12.1 Å². The summed E-state index contributed by atoms with van der Waals surface area (Å²) >= 11 is 0. The Morgan fingerprint density at radius 1 is 1.00 bits per heavy atom. The summed E-state index contributed by atoms with van der Waals surface area (Å²) in [7, 11) is 0. The molecule has 1 N–H and O–H groups in total. The van der Waals surface area contributed by atoms with Gasteiger partial charge in [-0.2, -0.15) is 0 Å². The first-order chi connectivity index (χ1) is 10.2. The number of benzene rings is 2. The number of nitrogens with zero attached hydrogens (tertiary/aromatic N) is 1. The van der Waals surface area contributed by atoms with Crippen LogP contribution in [0.4, 0.5) is 11.4 Å². The second-order valence-corrected chi connectivity index (χ2v) is 4.97. The van der Waals surface area contributed by atoms with Crippen LogP contribution in [0.25, 0.3) is 0 Å². The molecule has 21 heavy (non-hydrogen) atoms. The first-order valence-corrected chi connectivity index (χ1v) is 7.26. The van der Waals surface area contributed by atoms with Crippen LogP contribution in [0, 0.1) is 10.1 Å². The maximum atomic E-state index is 11.0. The van der Waals surface area contributed by atoms with Crippen molar-refractivity contribution < 1.29 is 4.92 Å². The molecular weight excluding hydrogens is 264 g/mol. The minimum atomic E-state index is -0.319. The van der Waals surface area contributed by atoms with Crippen molar-refractivity contribution in [1.29, 1.82) is 0 Å². The molecule has 2 aromatic rings. The van der Waals surface area contributed by atoms with Gasteiger partial charge in [0.25, 0.3) is 5.69 Å². The largest absolute Gasteiger partial charge is 0.384 e. The van der Waals surface area contributed by atoms with Gasteiger partial charge in [0, 0.05) is 23.9 Å². The molecule has 0 saturated carbocycles. The van der Waals surface area contributed by atoms with E-state index in [2.05, 4.69) is 24.4 Å². The molecule has 110 valence electrons. The van der Waals surface area contributed by atoms with Gasteiger partial charge < -0.3 is 5.32 Å². The number of nitro benzene ring substituents is 1. The third-order valence-corrected chi connectivity index (χ3v) is 3.43. The summed E-state index contributed by atoms with van der Waals surface area (Å²) in [5.41, 5.74) is 3.38. The lowest BCUT2D eigenvalue weighted by Crippen LogP contribution is -2.08. The van der Waals surface area contributed by atoms with E-state index in [4.69, 9.17) is 0 Å². The van der Waals surface area contributed by atoms with Crippen molar-refractivity contribution in [3.05, 3.63) is 69.8 Å². The Bertz CT molecular complexity index is 611. The normalized spacial score (nSPS) is 10.3. The summed E-state index contributed by atoms with van der Waals surface area (Å²) in [6.45, 7) is 2.84. The van der Waals surface area contributed by atoms with E-state index in [0.29, 0.717) is 13.0 Å². The monoisotopic (exact) mass is 284 g/mol. The van der Waals surface area contributed by atoms with Crippen LogP contribution in [0.2, 0.25) is 0 Å². The lowest BCUT2D eigenvalue weighted by molar-refractivity contribution is -0.385. The quantitative estimate of drug-likeness (QED) is 0.612. The molecule has 0 radical (unpaired) electrons. The highest BCUT2D eigenvalue weighted by atomic mass is 16.6. The maximum absolute atomic E-state index is 11.0. The average molecular weight is 284 g/mol. The van der Waals surface area contributed by atoms with E-state index < -0.39 is 0 Å². The molecule has 0 aliphatic rings. The molecule has 4 heteroatoms. The predicted octanol–water partition coefficient (Wildman–Crippen LogP) is 4.20. The average Bonchev–Trinajstić information content (AvgIpc) is 2.49. The summed E-state index contributed by atoms with van der Waals surface area (Å²) in [5, 5.41) is 14.4. The number of nitrogens with one attached hydrogen (secondary N) is 1. The third-order valence-electron chi connectivity index (χ3n) is 3.43. The van der Waals surface area contributed by atoms with Crippen molar-refractivity contribution in [1.82, 2.24) is 0 Å². The summed E-state index contributed by atoms with van der Waals surface area (Å²) in [5.74, 6) is 0. The fraction of sp³-hybridized carbons (Fsp3) is 0.294. The Balaban J connectivity index is 2.01. The summed E-state index contributed by atoms with van der Waals surface area (Å²) < 4.78 is 0. The van der Waals surface area contributed by atoms with Crippen LogP contribution in [-0.4, -0.2) is 11.5 Å². The molecule has 0 fully saturated rings. The molecule has 0 atom stereocenters. The molecule has 0 aromatic heterocycles. The minimum absolute atomic E-state index is 0.196. The SMILES string of the molecule is CCCc1ccccc1NCCc1ccccc1[N+](=O)[O-]. The Morgan fingerprint density at radius 3 is 2.38 bits per heavy atom. The van der Waals surface area contributed by atoms with Crippen LogP contribution in [0.3, 0.4) is 0 Å². The van der Waals surface area contributed by atoms with Gasteiger partial charge in [-0.3, -0.25) is 10.1 Å². The van der Waals surface area contributed by atoms with E-state index in [0.717, 1.165) is 24.1 Å². The molecule has 2 rings (SSSR count). The highest BCUT2D eigenvalue weighted by molar-refractivity contribution is 5.51. The van der Waals surface area contributed by atoms with Gasteiger partial charge in [0.05, 0.1) is 4.92 Å². The van der Waals surface area contributed by atoms with Crippen LogP contribution in [-0.2, 0) is 12.8 Å². The zero-order valence-electron chi connectivity index (χ0n) is 12.2. The molecule has 4 nitrogen and oxygen atoms in total. The van der Waals surface area contributed by atoms with Gasteiger partial charge in [-0.15, -0.1) is 0 Å². The molecule has 0 aliphatic heterocycles. The van der Waals surface area contributed by atoms with Crippen LogP contribution in [0.5, 0.6) is 0 Å². The number of hydrogen-bond acceptors (Lipinski definition) is 3. The van der Waals surface area contributed by atoms with Crippen molar-refractivity contribution in [2.45, 2.75) is 26.2 Å². The first-order valence-electron chi connectivity index (χ1n) is 7.26. The Hall–Kier alpha value is -2.36. The second kappa shape index (κ2) is 7.43.